The number of ether oxygens (including phenoxy) is 1. The first-order valence-electron chi connectivity index (χ1n) is 5.45. The first-order valence-corrected chi connectivity index (χ1v) is 6.61. The van der Waals surface area contributed by atoms with Crippen LogP contribution >= 0.6 is 11.8 Å². The number of hydrogen-bond acceptors (Lipinski definition) is 4. The summed E-state index contributed by atoms with van der Waals surface area (Å²) < 4.78 is 30.2. The van der Waals surface area contributed by atoms with E-state index < -0.39 is 24.4 Å². The van der Waals surface area contributed by atoms with Crippen LogP contribution in [0.25, 0.3) is 0 Å². The highest BCUT2D eigenvalue weighted by molar-refractivity contribution is 7.99. The van der Waals surface area contributed by atoms with Gasteiger partial charge in [0.1, 0.15) is 6.10 Å². The van der Waals surface area contributed by atoms with E-state index in [9.17, 15) is 13.6 Å². The summed E-state index contributed by atoms with van der Waals surface area (Å²) in [7, 11) is 0. The Morgan fingerprint density at radius 1 is 1.50 bits per heavy atom. The minimum atomic E-state index is -3.28. The topological polar surface area (TPSA) is 38.3 Å². The normalized spacial score (nSPS) is 33.0. The molecule has 6 heteroatoms. The van der Waals surface area contributed by atoms with Crippen molar-refractivity contribution in [3.8, 4) is 0 Å². The van der Waals surface area contributed by atoms with Crippen molar-refractivity contribution in [1.29, 1.82) is 0 Å². The average Bonchev–Trinajstić information content (AvgIpc) is 2.76. The fraction of sp³-hybridized carbons (Fsp3) is 0.900. The lowest BCUT2D eigenvalue weighted by Crippen LogP contribution is -2.31. The first-order chi connectivity index (χ1) is 7.58. The van der Waals surface area contributed by atoms with Gasteiger partial charge in [-0.1, -0.05) is 0 Å². The molecule has 2 aliphatic heterocycles. The fourth-order valence-corrected chi connectivity index (χ4v) is 3.24. The average molecular weight is 251 g/mol. The van der Waals surface area contributed by atoms with Crippen LogP contribution in [0.2, 0.25) is 0 Å². The van der Waals surface area contributed by atoms with Gasteiger partial charge >= 0.3 is 11.9 Å². The summed E-state index contributed by atoms with van der Waals surface area (Å²) in [4.78, 5) is 10.7. The maximum absolute atomic E-state index is 12.8. The standard InChI is InChI=1S/C10H15F2NO2S/c11-10(12)3-8(15-9(10)14)5-13-4-7-1-2-16-6-7/h7-8,13H,1-6H2. The molecular formula is C10H15F2NO2S. The molecule has 0 aromatic carbocycles. The Morgan fingerprint density at radius 3 is 2.88 bits per heavy atom. The zero-order chi connectivity index (χ0) is 11.6. The molecule has 0 spiro atoms. The molecule has 1 N–H and O–H groups in total. The van der Waals surface area contributed by atoms with Crippen LogP contribution in [0.5, 0.6) is 0 Å². The summed E-state index contributed by atoms with van der Waals surface area (Å²) in [5.41, 5.74) is 0. The Kier molecular flexibility index (Phi) is 3.69. The van der Waals surface area contributed by atoms with E-state index in [1.807, 2.05) is 11.8 Å². The molecule has 3 nitrogen and oxygen atoms in total. The van der Waals surface area contributed by atoms with Crippen LogP contribution in [-0.4, -0.2) is 42.6 Å². The number of thioether (sulfide) groups is 1. The smallest absolute Gasteiger partial charge is 0.377 e. The lowest BCUT2D eigenvalue weighted by atomic mass is 10.1. The van der Waals surface area contributed by atoms with Crippen molar-refractivity contribution < 1.29 is 18.3 Å². The largest absolute Gasteiger partial charge is 0.456 e. The van der Waals surface area contributed by atoms with Crippen LogP contribution in [0, 0.1) is 5.92 Å². The van der Waals surface area contributed by atoms with Crippen molar-refractivity contribution in [2.24, 2.45) is 5.92 Å². The van der Waals surface area contributed by atoms with Crippen molar-refractivity contribution >= 4 is 17.7 Å². The summed E-state index contributed by atoms with van der Waals surface area (Å²) in [6.07, 6.45) is 0.0211. The predicted molar refractivity (Wildman–Crippen MR) is 57.7 cm³/mol. The van der Waals surface area contributed by atoms with Crippen LogP contribution in [0.15, 0.2) is 0 Å². The second-order valence-corrected chi connectivity index (χ2v) is 5.47. The second kappa shape index (κ2) is 4.87. The van der Waals surface area contributed by atoms with Crippen molar-refractivity contribution in [2.75, 3.05) is 24.6 Å². The number of halogens is 2. The monoisotopic (exact) mass is 251 g/mol. The molecule has 2 unspecified atom stereocenters. The molecule has 0 aromatic rings. The van der Waals surface area contributed by atoms with Crippen LogP contribution in [0.3, 0.4) is 0 Å². The SMILES string of the molecule is O=C1OC(CNCC2CCSC2)CC1(F)F. The molecule has 0 bridgehead atoms. The zero-order valence-electron chi connectivity index (χ0n) is 8.88. The minimum Gasteiger partial charge on any atom is -0.456 e. The zero-order valence-corrected chi connectivity index (χ0v) is 9.69. The molecule has 2 rings (SSSR count). The molecular weight excluding hydrogens is 236 g/mol. The number of nitrogens with one attached hydrogen (secondary N) is 1. The quantitative estimate of drug-likeness (QED) is 0.764. The van der Waals surface area contributed by atoms with Gasteiger partial charge in [-0.15, -0.1) is 0 Å². The van der Waals surface area contributed by atoms with Crippen molar-refractivity contribution in [1.82, 2.24) is 5.32 Å². The Bertz CT molecular complexity index is 270. The lowest BCUT2D eigenvalue weighted by molar-refractivity contribution is -0.159. The molecule has 2 aliphatic rings. The molecule has 16 heavy (non-hydrogen) atoms. The van der Waals surface area contributed by atoms with Gasteiger partial charge in [-0.2, -0.15) is 20.5 Å². The Labute approximate surface area is 97.3 Å². The van der Waals surface area contributed by atoms with E-state index in [-0.39, 0.29) is 0 Å². The third-order valence-corrected chi connectivity index (χ3v) is 4.12. The van der Waals surface area contributed by atoms with Gasteiger partial charge in [0.05, 0.1) is 6.42 Å². The summed E-state index contributed by atoms with van der Waals surface area (Å²) in [5.74, 6) is -1.72. The van der Waals surface area contributed by atoms with Gasteiger partial charge < -0.3 is 10.1 Å². The van der Waals surface area contributed by atoms with Crippen LogP contribution in [-0.2, 0) is 9.53 Å². The van der Waals surface area contributed by atoms with Crippen LogP contribution in [0.1, 0.15) is 12.8 Å². The molecule has 0 radical (unpaired) electrons. The molecule has 0 saturated carbocycles. The number of carbonyl (C=O) groups is 1. The summed E-state index contributed by atoms with van der Waals surface area (Å²) in [6, 6.07) is 0. The van der Waals surface area contributed by atoms with E-state index in [1.165, 1.54) is 12.2 Å². The van der Waals surface area contributed by atoms with Crippen molar-refractivity contribution in [3.05, 3.63) is 0 Å². The van der Waals surface area contributed by atoms with Gasteiger partial charge in [-0.05, 0) is 30.4 Å². The molecule has 2 atom stereocenters. The van der Waals surface area contributed by atoms with Gasteiger partial charge in [0, 0.05) is 6.54 Å². The number of cyclic esters (lactones) is 1. The second-order valence-electron chi connectivity index (χ2n) is 4.32. The number of hydrogen-bond donors (Lipinski definition) is 1. The van der Waals surface area contributed by atoms with Crippen LogP contribution in [0.4, 0.5) is 8.78 Å². The number of alkyl halides is 2. The Morgan fingerprint density at radius 2 is 2.31 bits per heavy atom. The van der Waals surface area contributed by atoms with Gasteiger partial charge in [-0.25, -0.2) is 4.79 Å². The highest BCUT2D eigenvalue weighted by Gasteiger charge is 2.50. The maximum atomic E-state index is 12.8. The van der Waals surface area contributed by atoms with Crippen molar-refractivity contribution in [3.63, 3.8) is 0 Å². The van der Waals surface area contributed by atoms with Gasteiger partial charge in [0.2, 0.25) is 0 Å². The van der Waals surface area contributed by atoms with E-state index in [2.05, 4.69) is 10.1 Å². The number of esters is 1. The van der Waals surface area contributed by atoms with Gasteiger partial charge in [-0.3, -0.25) is 0 Å². The highest BCUT2D eigenvalue weighted by atomic mass is 32.2. The third kappa shape index (κ3) is 2.85. The number of rotatable bonds is 4. The first kappa shape index (κ1) is 12.1. The molecule has 0 aromatic heterocycles. The van der Waals surface area contributed by atoms with E-state index in [1.54, 1.807) is 0 Å². The minimum absolute atomic E-state index is 0.336. The summed E-state index contributed by atoms with van der Waals surface area (Å²) in [5, 5.41) is 3.10. The van der Waals surface area contributed by atoms with E-state index in [0.29, 0.717) is 12.5 Å². The van der Waals surface area contributed by atoms with Gasteiger partial charge in [0.15, 0.2) is 0 Å². The van der Waals surface area contributed by atoms with E-state index in [0.717, 1.165) is 12.3 Å². The fourth-order valence-electron chi connectivity index (χ4n) is 1.96. The molecule has 2 saturated heterocycles. The van der Waals surface area contributed by atoms with E-state index >= 15 is 0 Å². The predicted octanol–water partition coefficient (Wildman–Crippen LogP) is 1.28. The van der Waals surface area contributed by atoms with Crippen LogP contribution < -0.4 is 5.32 Å². The Balaban J connectivity index is 1.65. The third-order valence-electron chi connectivity index (χ3n) is 2.89. The summed E-state index contributed by atoms with van der Waals surface area (Å²) >= 11 is 1.92. The molecule has 2 heterocycles. The molecule has 2 fully saturated rings. The summed E-state index contributed by atoms with van der Waals surface area (Å²) in [6.45, 7) is 1.16. The number of carbonyl (C=O) groups excluding carboxylic acids is 1. The molecule has 0 aliphatic carbocycles. The highest BCUT2D eigenvalue weighted by Crippen LogP contribution is 2.30. The molecule has 0 amide bonds. The van der Waals surface area contributed by atoms with E-state index in [4.69, 9.17) is 0 Å². The molecule has 92 valence electrons. The van der Waals surface area contributed by atoms with Gasteiger partial charge in [0.25, 0.3) is 0 Å². The maximum Gasteiger partial charge on any atom is 0.377 e. The van der Waals surface area contributed by atoms with Crippen molar-refractivity contribution in [2.45, 2.75) is 24.9 Å². The lowest BCUT2D eigenvalue weighted by Gasteiger charge is -2.12. The Hall–Kier alpha value is -0.360.